The van der Waals surface area contributed by atoms with Crippen molar-refractivity contribution >= 4 is 17.7 Å². The van der Waals surface area contributed by atoms with Crippen molar-refractivity contribution in [2.24, 2.45) is 0 Å². The van der Waals surface area contributed by atoms with Crippen LogP contribution in [0.25, 0.3) is 0 Å². The molecule has 1 atom stereocenters. The van der Waals surface area contributed by atoms with Gasteiger partial charge in [-0.1, -0.05) is 32.9 Å². The second kappa shape index (κ2) is 5.73. The fourth-order valence-corrected chi connectivity index (χ4v) is 1.48. The van der Waals surface area contributed by atoms with E-state index in [2.05, 4.69) is 31.4 Å². The molecule has 1 rings (SSSR count). The van der Waals surface area contributed by atoms with Crippen LogP contribution in [0, 0.1) is 0 Å². The first-order valence-electron chi connectivity index (χ1n) is 6.11. The van der Waals surface area contributed by atoms with E-state index in [1.54, 1.807) is 12.1 Å². The first-order chi connectivity index (χ1) is 8.70. The number of carbonyl (C=O) groups is 2. The minimum absolute atomic E-state index is 0.0542. The predicted molar refractivity (Wildman–Crippen MR) is 74.4 cm³/mol. The first-order valence-corrected chi connectivity index (χ1v) is 6.11. The second-order valence-corrected chi connectivity index (χ2v) is 5.49. The molecule has 0 heterocycles. The Labute approximate surface area is 113 Å². The summed E-state index contributed by atoms with van der Waals surface area (Å²) in [5.74, 6) is -1.07. The Morgan fingerprint density at radius 2 is 1.68 bits per heavy atom. The van der Waals surface area contributed by atoms with Crippen molar-refractivity contribution in [3.8, 4) is 0 Å². The molecule has 19 heavy (non-hydrogen) atoms. The smallest absolute Gasteiger partial charge is 0.325 e. The van der Waals surface area contributed by atoms with E-state index in [4.69, 9.17) is 5.11 Å². The van der Waals surface area contributed by atoms with Crippen molar-refractivity contribution < 1.29 is 14.7 Å². The maximum absolute atomic E-state index is 11.5. The molecule has 2 amide bonds. The number of hydrogen-bond donors (Lipinski definition) is 3. The molecule has 0 bridgehead atoms. The number of urea groups is 1. The lowest BCUT2D eigenvalue weighted by Gasteiger charge is -2.19. The highest BCUT2D eigenvalue weighted by Crippen LogP contribution is 2.23. The third kappa shape index (κ3) is 4.62. The van der Waals surface area contributed by atoms with E-state index in [-0.39, 0.29) is 5.41 Å². The molecule has 1 aromatic carbocycles. The maximum Gasteiger partial charge on any atom is 0.325 e. The number of hydrogen-bond acceptors (Lipinski definition) is 2. The highest BCUT2D eigenvalue weighted by Gasteiger charge is 2.15. The molecule has 5 nitrogen and oxygen atoms in total. The summed E-state index contributed by atoms with van der Waals surface area (Å²) < 4.78 is 0. The average molecular weight is 264 g/mol. The Hall–Kier alpha value is -2.04. The van der Waals surface area contributed by atoms with Crippen molar-refractivity contribution in [3.05, 3.63) is 29.8 Å². The Balaban J connectivity index is 2.63. The molecule has 0 unspecified atom stereocenters. The Bertz CT molecular complexity index is 461. The molecule has 0 saturated heterocycles. The van der Waals surface area contributed by atoms with E-state index in [0.29, 0.717) is 5.69 Å². The summed E-state index contributed by atoms with van der Waals surface area (Å²) >= 11 is 0. The number of carbonyl (C=O) groups excluding carboxylic acids is 1. The van der Waals surface area contributed by atoms with Crippen LogP contribution in [0.5, 0.6) is 0 Å². The van der Waals surface area contributed by atoms with Gasteiger partial charge in [-0.3, -0.25) is 4.79 Å². The molecule has 0 aliphatic heterocycles. The number of carboxylic acid groups (broad SMARTS) is 1. The molecule has 0 saturated carbocycles. The monoisotopic (exact) mass is 264 g/mol. The van der Waals surface area contributed by atoms with Crippen LogP contribution in [-0.4, -0.2) is 23.1 Å². The highest BCUT2D eigenvalue weighted by atomic mass is 16.4. The van der Waals surface area contributed by atoms with Gasteiger partial charge in [-0.05, 0) is 30.0 Å². The lowest BCUT2D eigenvalue weighted by atomic mass is 9.87. The van der Waals surface area contributed by atoms with Gasteiger partial charge in [0.25, 0.3) is 0 Å². The average Bonchev–Trinajstić information content (AvgIpc) is 2.28. The maximum atomic E-state index is 11.5. The summed E-state index contributed by atoms with van der Waals surface area (Å²) in [6, 6.07) is 6.02. The minimum atomic E-state index is -1.07. The predicted octanol–water partition coefficient (Wildman–Crippen LogP) is 2.58. The topological polar surface area (TPSA) is 78.4 Å². The molecule has 0 aromatic heterocycles. The van der Waals surface area contributed by atoms with Gasteiger partial charge in [0.1, 0.15) is 6.04 Å². The number of rotatable bonds is 3. The van der Waals surface area contributed by atoms with Gasteiger partial charge in [0.2, 0.25) is 0 Å². The van der Waals surface area contributed by atoms with Gasteiger partial charge >= 0.3 is 12.0 Å². The zero-order chi connectivity index (χ0) is 14.6. The van der Waals surface area contributed by atoms with Crippen molar-refractivity contribution in [3.63, 3.8) is 0 Å². The summed E-state index contributed by atoms with van der Waals surface area (Å²) in [5, 5.41) is 13.6. The van der Waals surface area contributed by atoms with Gasteiger partial charge in [0.05, 0.1) is 0 Å². The Morgan fingerprint density at radius 3 is 2.11 bits per heavy atom. The summed E-state index contributed by atoms with van der Waals surface area (Å²) in [4.78, 5) is 22.1. The van der Waals surface area contributed by atoms with Crippen molar-refractivity contribution in [1.82, 2.24) is 5.32 Å². The number of carboxylic acids is 1. The number of nitrogens with one attached hydrogen (secondary N) is 2. The molecule has 0 aliphatic carbocycles. The third-order valence-electron chi connectivity index (χ3n) is 2.73. The molecule has 0 radical (unpaired) electrons. The number of benzene rings is 1. The zero-order valence-electron chi connectivity index (χ0n) is 11.7. The summed E-state index contributed by atoms with van der Waals surface area (Å²) in [5.41, 5.74) is 1.85. The van der Waals surface area contributed by atoms with Crippen molar-refractivity contribution in [1.29, 1.82) is 0 Å². The first kappa shape index (κ1) is 15.0. The van der Waals surface area contributed by atoms with Crippen LogP contribution in [0.1, 0.15) is 33.3 Å². The van der Waals surface area contributed by atoms with Crippen LogP contribution in [-0.2, 0) is 10.2 Å². The number of amides is 2. The second-order valence-electron chi connectivity index (χ2n) is 5.49. The van der Waals surface area contributed by atoms with Crippen LogP contribution in [0.4, 0.5) is 10.5 Å². The molecule has 5 heteroatoms. The van der Waals surface area contributed by atoms with E-state index in [1.807, 2.05) is 12.1 Å². The van der Waals surface area contributed by atoms with Crippen LogP contribution < -0.4 is 10.6 Å². The largest absolute Gasteiger partial charge is 0.480 e. The van der Waals surface area contributed by atoms with Crippen LogP contribution in [0.15, 0.2) is 24.3 Å². The number of anilines is 1. The molecular weight excluding hydrogens is 244 g/mol. The zero-order valence-corrected chi connectivity index (χ0v) is 11.7. The van der Waals surface area contributed by atoms with Crippen molar-refractivity contribution in [2.75, 3.05) is 5.32 Å². The van der Waals surface area contributed by atoms with Crippen LogP contribution in [0.2, 0.25) is 0 Å². The lowest BCUT2D eigenvalue weighted by Crippen LogP contribution is -2.40. The van der Waals surface area contributed by atoms with Gasteiger partial charge in [0, 0.05) is 5.69 Å². The fourth-order valence-electron chi connectivity index (χ4n) is 1.48. The molecule has 0 fully saturated rings. The number of aliphatic carboxylic acids is 1. The molecule has 0 spiro atoms. The van der Waals surface area contributed by atoms with E-state index in [9.17, 15) is 9.59 Å². The normalized spacial score (nSPS) is 12.6. The van der Waals surface area contributed by atoms with Crippen LogP contribution in [0.3, 0.4) is 0 Å². The molecule has 104 valence electrons. The third-order valence-corrected chi connectivity index (χ3v) is 2.73. The molecular formula is C14H20N2O3. The van der Waals surface area contributed by atoms with E-state index in [0.717, 1.165) is 5.56 Å². The minimum Gasteiger partial charge on any atom is -0.480 e. The van der Waals surface area contributed by atoms with Crippen molar-refractivity contribution in [2.45, 2.75) is 39.2 Å². The lowest BCUT2D eigenvalue weighted by molar-refractivity contribution is -0.138. The van der Waals surface area contributed by atoms with Gasteiger partial charge in [0.15, 0.2) is 0 Å². The summed E-state index contributed by atoms with van der Waals surface area (Å²) in [7, 11) is 0. The highest BCUT2D eigenvalue weighted by molar-refractivity contribution is 5.92. The van der Waals surface area contributed by atoms with Gasteiger partial charge in [-0.15, -0.1) is 0 Å². The van der Waals surface area contributed by atoms with Crippen LogP contribution >= 0.6 is 0 Å². The van der Waals surface area contributed by atoms with E-state index in [1.165, 1.54) is 6.92 Å². The Morgan fingerprint density at radius 1 is 1.16 bits per heavy atom. The van der Waals surface area contributed by atoms with Gasteiger partial charge < -0.3 is 15.7 Å². The Kier molecular flexibility index (Phi) is 4.53. The molecule has 0 aliphatic rings. The summed E-state index contributed by atoms with van der Waals surface area (Å²) in [6.07, 6.45) is 0. The molecule has 1 aromatic rings. The van der Waals surface area contributed by atoms with E-state index >= 15 is 0 Å². The quantitative estimate of drug-likeness (QED) is 0.785. The van der Waals surface area contributed by atoms with Gasteiger partial charge in [-0.25, -0.2) is 4.79 Å². The molecule has 3 N–H and O–H groups in total. The van der Waals surface area contributed by atoms with E-state index < -0.39 is 18.0 Å². The fraction of sp³-hybridized carbons (Fsp3) is 0.429. The SMILES string of the molecule is C[C@H](NC(=O)Nc1ccc(C(C)(C)C)cc1)C(=O)O. The standard InChI is InChI=1S/C14H20N2O3/c1-9(12(17)18)15-13(19)16-11-7-5-10(6-8-11)14(2,3)4/h5-9H,1-4H3,(H,17,18)(H2,15,16,19)/t9-/m0/s1. The summed E-state index contributed by atoms with van der Waals surface area (Å²) in [6.45, 7) is 7.73. The van der Waals surface area contributed by atoms with Gasteiger partial charge in [-0.2, -0.15) is 0 Å².